The Balaban J connectivity index is 1.41. The summed E-state index contributed by atoms with van der Waals surface area (Å²) in [6.45, 7) is 2.94. The molecule has 1 aliphatic heterocycles. The maximum Gasteiger partial charge on any atom is 0.248 e. The third kappa shape index (κ3) is 3.58. The van der Waals surface area contributed by atoms with E-state index in [4.69, 9.17) is 0 Å². The van der Waals surface area contributed by atoms with Crippen molar-refractivity contribution in [3.05, 3.63) is 66.0 Å². The van der Waals surface area contributed by atoms with Crippen LogP contribution in [-0.2, 0) is 6.54 Å². The molecule has 0 unspecified atom stereocenters. The van der Waals surface area contributed by atoms with Gasteiger partial charge in [0.15, 0.2) is 17.5 Å². The van der Waals surface area contributed by atoms with Crippen molar-refractivity contribution in [2.45, 2.75) is 19.9 Å². The minimum atomic E-state index is -0.925. The van der Waals surface area contributed by atoms with E-state index in [1.54, 1.807) is 28.6 Å². The topological polar surface area (TPSA) is 76.7 Å². The molecular formula is C20H17F3N8. The molecule has 4 aromatic rings. The molecule has 8 nitrogen and oxygen atoms in total. The highest BCUT2D eigenvalue weighted by Crippen LogP contribution is 2.30. The minimum absolute atomic E-state index is 0.271. The van der Waals surface area contributed by atoms with E-state index in [1.165, 1.54) is 23.1 Å². The van der Waals surface area contributed by atoms with Gasteiger partial charge in [0.2, 0.25) is 11.9 Å². The van der Waals surface area contributed by atoms with Gasteiger partial charge in [-0.1, -0.05) is 0 Å². The number of fused-ring (bicyclic) bond motifs is 1. The minimum Gasteiger partial charge on any atom is -0.323 e. The molecule has 0 bridgehead atoms. The number of hydrogen-bond acceptors (Lipinski definition) is 6. The van der Waals surface area contributed by atoms with Crippen molar-refractivity contribution >= 4 is 23.3 Å². The van der Waals surface area contributed by atoms with E-state index in [2.05, 4.69) is 25.5 Å². The van der Waals surface area contributed by atoms with Crippen molar-refractivity contribution in [3.8, 4) is 5.69 Å². The molecule has 5 rings (SSSR count). The number of hydrogen-bond donors (Lipinski definition) is 1. The monoisotopic (exact) mass is 426 g/mol. The smallest absolute Gasteiger partial charge is 0.248 e. The van der Waals surface area contributed by atoms with Crippen molar-refractivity contribution in [3.63, 3.8) is 0 Å². The zero-order valence-electron chi connectivity index (χ0n) is 16.4. The van der Waals surface area contributed by atoms with Crippen LogP contribution in [0.25, 0.3) is 5.69 Å². The number of nitrogens with zero attached hydrogens (tertiary/aromatic N) is 7. The summed E-state index contributed by atoms with van der Waals surface area (Å²) in [5.41, 5.74) is 1.21. The van der Waals surface area contributed by atoms with Crippen LogP contribution in [0.2, 0.25) is 0 Å². The third-order valence-electron chi connectivity index (χ3n) is 4.92. The van der Waals surface area contributed by atoms with Crippen LogP contribution in [0, 0.1) is 24.4 Å². The molecule has 2 aromatic carbocycles. The standard InChI is InChI=1S/C20H17F3N8/c1-12-24-11-31(27-12)18-6-3-13(9-17(18)23)25-19-26-20-29(7-2-8-30(20)28-19)14-4-5-15(21)16(22)10-14/h3-6,9-11H,2,7-8H2,1H3,(H,25,28). The van der Waals surface area contributed by atoms with Crippen LogP contribution in [0.15, 0.2) is 42.7 Å². The summed E-state index contributed by atoms with van der Waals surface area (Å²) >= 11 is 0. The second-order valence-electron chi connectivity index (χ2n) is 7.09. The Labute approximate surface area is 175 Å². The van der Waals surface area contributed by atoms with Gasteiger partial charge >= 0.3 is 0 Å². The highest BCUT2D eigenvalue weighted by molar-refractivity contribution is 5.62. The Morgan fingerprint density at radius 2 is 1.81 bits per heavy atom. The van der Waals surface area contributed by atoms with Gasteiger partial charge in [-0.05, 0) is 43.7 Å². The first kappa shape index (κ1) is 19.1. The number of benzene rings is 2. The first-order valence-corrected chi connectivity index (χ1v) is 9.60. The first-order valence-electron chi connectivity index (χ1n) is 9.60. The predicted octanol–water partition coefficient (Wildman–Crippen LogP) is 3.87. The van der Waals surface area contributed by atoms with Crippen LogP contribution < -0.4 is 10.2 Å². The van der Waals surface area contributed by atoms with Crippen LogP contribution in [0.5, 0.6) is 0 Å². The molecule has 0 saturated heterocycles. The van der Waals surface area contributed by atoms with Crippen molar-refractivity contribution in [1.29, 1.82) is 0 Å². The van der Waals surface area contributed by atoms with Crippen molar-refractivity contribution in [2.24, 2.45) is 0 Å². The lowest BCUT2D eigenvalue weighted by atomic mass is 10.2. The average molecular weight is 426 g/mol. The van der Waals surface area contributed by atoms with Crippen molar-refractivity contribution < 1.29 is 13.2 Å². The number of aromatic nitrogens is 6. The molecule has 0 spiro atoms. The maximum absolute atomic E-state index is 14.6. The first-order chi connectivity index (χ1) is 15.0. The number of aryl methyl sites for hydroxylation is 2. The van der Waals surface area contributed by atoms with Crippen molar-refractivity contribution in [2.75, 3.05) is 16.8 Å². The number of rotatable bonds is 4. The highest BCUT2D eigenvalue weighted by Gasteiger charge is 2.23. The second kappa shape index (κ2) is 7.42. The highest BCUT2D eigenvalue weighted by atomic mass is 19.2. The van der Waals surface area contributed by atoms with Gasteiger partial charge in [0, 0.05) is 30.5 Å². The average Bonchev–Trinajstić information content (AvgIpc) is 3.35. The summed E-state index contributed by atoms with van der Waals surface area (Å²) in [5.74, 6) is -1.01. The molecule has 0 amide bonds. The SMILES string of the molecule is Cc1ncn(-c2ccc(Nc3nc4n(n3)CCCN4c3ccc(F)c(F)c3)cc2F)n1. The number of halogens is 3. The van der Waals surface area contributed by atoms with E-state index in [9.17, 15) is 13.2 Å². The van der Waals surface area contributed by atoms with Crippen LogP contribution >= 0.6 is 0 Å². The molecule has 11 heteroatoms. The Bertz CT molecular complexity index is 1270. The molecule has 0 atom stereocenters. The fourth-order valence-corrected chi connectivity index (χ4v) is 3.47. The Kier molecular flexibility index (Phi) is 4.57. The fraction of sp³-hybridized carbons (Fsp3) is 0.200. The molecular weight excluding hydrogens is 409 g/mol. The van der Waals surface area contributed by atoms with Crippen molar-refractivity contribution in [1.82, 2.24) is 29.5 Å². The lowest BCUT2D eigenvalue weighted by molar-refractivity contribution is 0.506. The summed E-state index contributed by atoms with van der Waals surface area (Å²) < 4.78 is 44.6. The van der Waals surface area contributed by atoms with Crippen LogP contribution in [0.1, 0.15) is 12.2 Å². The molecule has 0 radical (unpaired) electrons. The largest absolute Gasteiger partial charge is 0.323 e. The van der Waals surface area contributed by atoms with Gasteiger partial charge in [-0.3, -0.25) is 0 Å². The maximum atomic E-state index is 14.6. The molecule has 3 heterocycles. The van der Waals surface area contributed by atoms with E-state index in [-0.39, 0.29) is 11.6 Å². The Morgan fingerprint density at radius 3 is 2.55 bits per heavy atom. The van der Waals surface area contributed by atoms with E-state index >= 15 is 0 Å². The van der Waals surface area contributed by atoms with E-state index in [1.807, 2.05) is 0 Å². The van der Waals surface area contributed by atoms with Gasteiger partial charge in [0.1, 0.15) is 17.8 Å². The number of anilines is 4. The molecule has 0 saturated carbocycles. The van der Waals surface area contributed by atoms with Gasteiger partial charge in [-0.25, -0.2) is 27.5 Å². The molecule has 31 heavy (non-hydrogen) atoms. The Hall–Kier alpha value is -3.89. The van der Waals surface area contributed by atoms with Gasteiger partial charge in [0.25, 0.3) is 0 Å². The summed E-state index contributed by atoms with van der Waals surface area (Å²) in [7, 11) is 0. The van der Waals surface area contributed by atoms with Gasteiger partial charge in [-0.15, -0.1) is 5.10 Å². The fourth-order valence-electron chi connectivity index (χ4n) is 3.47. The second-order valence-corrected chi connectivity index (χ2v) is 7.09. The molecule has 158 valence electrons. The summed E-state index contributed by atoms with van der Waals surface area (Å²) in [4.78, 5) is 10.2. The molecule has 2 aromatic heterocycles. The molecule has 1 aliphatic rings. The third-order valence-corrected chi connectivity index (χ3v) is 4.92. The molecule has 1 N–H and O–H groups in total. The lowest BCUT2D eigenvalue weighted by Crippen LogP contribution is -2.28. The van der Waals surface area contributed by atoms with E-state index in [0.29, 0.717) is 36.2 Å². The zero-order chi connectivity index (χ0) is 21.5. The van der Waals surface area contributed by atoms with Crippen LogP contribution in [0.4, 0.5) is 36.4 Å². The summed E-state index contributed by atoms with van der Waals surface area (Å²) in [6, 6.07) is 8.29. The van der Waals surface area contributed by atoms with Crippen LogP contribution in [-0.4, -0.2) is 36.1 Å². The normalized spacial score (nSPS) is 13.4. The molecule has 0 fully saturated rings. The van der Waals surface area contributed by atoms with Gasteiger partial charge in [0.05, 0.1) is 0 Å². The number of nitrogens with one attached hydrogen (secondary N) is 1. The Morgan fingerprint density at radius 1 is 0.935 bits per heavy atom. The molecule has 0 aliphatic carbocycles. The zero-order valence-corrected chi connectivity index (χ0v) is 16.4. The predicted molar refractivity (Wildman–Crippen MR) is 107 cm³/mol. The summed E-state index contributed by atoms with van der Waals surface area (Å²) in [6.07, 6.45) is 2.20. The lowest BCUT2D eigenvalue weighted by Gasteiger charge is -2.27. The quantitative estimate of drug-likeness (QED) is 0.534. The summed E-state index contributed by atoms with van der Waals surface area (Å²) in [5, 5.41) is 11.5. The van der Waals surface area contributed by atoms with Gasteiger partial charge in [-0.2, -0.15) is 10.1 Å². The van der Waals surface area contributed by atoms with Gasteiger partial charge < -0.3 is 10.2 Å². The van der Waals surface area contributed by atoms with Crippen LogP contribution in [0.3, 0.4) is 0 Å². The van der Waals surface area contributed by atoms with E-state index in [0.717, 1.165) is 18.6 Å². The van der Waals surface area contributed by atoms with E-state index < -0.39 is 17.5 Å².